The fourth-order valence-corrected chi connectivity index (χ4v) is 1.98. The first-order valence-electron chi connectivity index (χ1n) is 6.65. The molecule has 0 unspecified atom stereocenters. The second-order valence-corrected chi connectivity index (χ2v) is 5.66. The number of nitrogens with zero attached hydrogens (tertiary/aromatic N) is 4. The lowest BCUT2D eigenvalue weighted by Crippen LogP contribution is -2.40. The van der Waals surface area contributed by atoms with E-state index in [1.807, 2.05) is 6.92 Å². The van der Waals surface area contributed by atoms with E-state index >= 15 is 0 Å². The van der Waals surface area contributed by atoms with E-state index in [2.05, 4.69) is 15.5 Å². The second kappa shape index (κ2) is 5.80. The number of primary amides is 1. The summed E-state index contributed by atoms with van der Waals surface area (Å²) in [5.41, 5.74) is 4.56. The van der Waals surface area contributed by atoms with E-state index in [-0.39, 0.29) is 17.3 Å². The Morgan fingerprint density at radius 1 is 1.41 bits per heavy atom. The van der Waals surface area contributed by atoms with Gasteiger partial charge in [0.25, 0.3) is 11.8 Å². The summed E-state index contributed by atoms with van der Waals surface area (Å²) in [6, 6.07) is 0. The Morgan fingerprint density at radius 3 is 2.59 bits per heavy atom. The number of halogens is 1. The average molecular weight is 325 g/mol. The summed E-state index contributed by atoms with van der Waals surface area (Å²) in [6.45, 7) is 5.77. The van der Waals surface area contributed by atoms with E-state index in [4.69, 9.17) is 17.3 Å². The van der Waals surface area contributed by atoms with Crippen LogP contribution in [0.2, 0.25) is 5.02 Å². The molecular weight excluding hydrogens is 308 g/mol. The highest BCUT2D eigenvalue weighted by molar-refractivity contribution is 6.30. The number of hydrogen-bond acceptors (Lipinski definition) is 4. The molecule has 118 valence electrons. The first-order valence-corrected chi connectivity index (χ1v) is 7.03. The van der Waals surface area contributed by atoms with E-state index in [0.717, 1.165) is 0 Å². The van der Waals surface area contributed by atoms with Crippen LogP contribution in [-0.2, 0) is 16.9 Å². The number of aromatic nitrogens is 4. The minimum atomic E-state index is -1.00. The van der Waals surface area contributed by atoms with Crippen molar-refractivity contribution in [2.45, 2.75) is 32.9 Å². The Labute approximate surface area is 132 Å². The molecule has 3 N–H and O–H groups in total. The molecule has 0 spiro atoms. The van der Waals surface area contributed by atoms with Crippen LogP contribution in [0.4, 0.5) is 5.69 Å². The average Bonchev–Trinajstić information content (AvgIpc) is 3.05. The topological polar surface area (TPSA) is 108 Å². The van der Waals surface area contributed by atoms with Crippen LogP contribution >= 0.6 is 11.6 Å². The van der Waals surface area contributed by atoms with Crippen molar-refractivity contribution in [3.05, 3.63) is 29.3 Å². The first-order chi connectivity index (χ1) is 10.3. The number of carbonyl (C=O) groups excluding carboxylic acids is 2. The van der Waals surface area contributed by atoms with Crippen molar-refractivity contribution in [1.82, 2.24) is 19.6 Å². The number of aryl methyl sites for hydroxylation is 1. The van der Waals surface area contributed by atoms with Crippen LogP contribution in [0.3, 0.4) is 0 Å². The summed E-state index contributed by atoms with van der Waals surface area (Å²) in [7, 11) is 0. The van der Waals surface area contributed by atoms with Gasteiger partial charge in [-0.25, -0.2) is 0 Å². The molecule has 0 aromatic carbocycles. The molecule has 0 saturated carbocycles. The fourth-order valence-electron chi connectivity index (χ4n) is 1.84. The maximum absolute atomic E-state index is 12.5. The maximum Gasteiger partial charge on any atom is 0.271 e. The molecule has 0 saturated heterocycles. The van der Waals surface area contributed by atoms with Gasteiger partial charge in [-0.3, -0.25) is 19.0 Å². The van der Waals surface area contributed by atoms with Gasteiger partial charge in [0.15, 0.2) is 5.69 Å². The predicted molar refractivity (Wildman–Crippen MR) is 81.6 cm³/mol. The lowest BCUT2D eigenvalue weighted by atomic mass is 10.0. The van der Waals surface area contributed by atoms with Crippen molar-refractivity contribution < 1.29 is 9.59 Å². The van der Waals surface area contributed by atoms with Crippen molar-refractivity contribution in [2.75, 3.05) is 5.32 Å². The van der Waals surface area contributed by atoms with Crippen molar-refractivity contribution in [2.24, 2.45) is 5.73 Å². The zero-order chi connectivity index (χ0) is 16.5. The van der Waals surface area contributed by atoms with Gasteiger partial charge in [-0.15, -0.1) is 0 Å². The third kappa shape index (κ3) is 2.96. The van der Waals surface area contributed by atoms with Crippen LogP contribution in [0, 0.1) is 0 Å². The Morgan fingerprint density at radius 2 is 2.09 bits per heavy atom. The van der Waals surface area contributed by atoms with Gasteiger partial charge in [-0.2, -0.15) is 10.2 Å². The minimum Gasteiger partial charge on any atom is -0.364 e. The summed E-state index contributed by atoms with van der Waals surface area (Å²) in [5, 5.41) is 11.2. The molecule has 0 bridgehead atoms. The molecule has 22 heavy (non-hydrogen) atoms. The van der Waals surface area contributed by atoms with Crippen LogP contribution < -0.4 is 11.1 Å². The van der Waals surface area contributed by atoms with E-state index in [9.17, 15) is 9.59 Å². The summed E-state index contributed by atoms with van der Waals surface area (Å²) in [5.74, 6) is -1.08. The molecule has 0 aliphatic carbocycles. The van der Waals surface area contributed by atoms with Crippen LogP contribution in [0.1, 0.15) is 31.3 Å². The van der Waals surface area contributed by atoms with Gasteiger partial charge >= 0.3 is 0 Å². The van der Waals surface area contributed by atoms with Crippen LogP contribution in [0.5, 0.6) is 0 Å². The maximum atomic E-state index is 12.5. The molecule has 2 amide bonds. The van der Waals surface area contributed by atoms with Gasteiger partial charge in [0.1, 0.15) is 5.54 Å². The SMILES string of the molecule is CCn1cc(NC(=O)C(C)(C)n2cc(Cl)cn2)c(C(N)=O)n1. The smallest absolute Gasteiger partial charge is 0.271 e. The number of nitrogens with one attached hydrogen (secondary N) is 1. The standard InChI is InChI=1S/C13H17ClN6O2/c1-4-19-7-9(10(18-19)11(15)21)17-12(22)13(2,3)20-6-8(14)5-16-20/h5-7H,4H2,1-3H3,(H2,15,21)(H,17,22). The molecule has 2 rings (SSSR count). The summed E-state index contributed by atoms with van der Waals surface area (Å²) < 4.78 is 2.96. The van der Waals surface area contributed by atoms with Gasteiger partial charge in [0.2, 0.25) is 0 Å². The molecule has 0 atom stereocenters. The third-order valence-corrected chi connectivity index (χ3v) is 3.44. The van der Waals surface area contributed by atoms with E-state index in [1.165, 1.54) is 15.6 Å². The van der Waals surface area contributed by atoms with Gasteiger partial charge in [-0.1, -0.05) is 11.6 Å². The monoisotopic (exact) mass is 324 g/mol. The van der Waals surface area contributed by atoms with Crippen molar-refractivity contribution in [1.29, 1.82) is 0 Å². The molecule has 9 heteroatoms. The highest BCUT2D eigenvalue weighted by Crippen LogP contribution is 2.21. The number of hydrogen-bond donors (Lipinski definition) is 2. The Balaban J connectivity index is 2.28. The Bertz CT molecular complexity index is 718. The highest BCUT2D eigenvalue weighted by Gasteiger charge is 2.32. The van der Waals surface area contributed by atoms with Gasteiger partial charge in [0.05, 0.1) is 16.9 Å². The normalized spacial score (nSPS) is 11.5. The quantitative estimate of drug-likeness (QED) is 0.862. The summed E-state index contributed by atoms with van der Waals surface area (Å²) in [6.07, 6.45) is 4.55. The van der Waals surface area contributed by atoms with Gasteiger partial charge < -0.3 is 11.1 Å². The summed E-state index contributed by atoms with van der Waals surface area (Å²) in [4.78, 5) is 23.9. The van der Waals surface area contributed by atoms with E-state index in [0.29, 0.717) is 11.6 Å². The third-order valence-electron chi connectivity index (χ3n) is 3.25. The summed E-state index contributed by atoms with van der Waals surface area (Å²) >= 11 is 5.83. The molecule has 0 radical (unpaired) electrons. The molecule has 2 aromatic rings. The van der Waals surface area contributed by atoms with Crippen molar-refractivity contribution >= 4 is 29.1 Å². The Hall–Kier alpha value is -2.35. The highest BCUT2D eigenvalue weighted by atomic mass is 35.5. The number of anilines is 1. The molecule has 2 aromatic heterocycles. The van der Waals surface area contributed by atoms with E-state index < -0.39 is 11.4 Å². The van der Waals surface area contributed by atoms with Crippen LogP contribution in [-0.4, -0.2) is 31.4 Å². The lowest BCUT2D eigenvalue weighted by Gasteiger charge is -2.23. The van der Waals surface area contributed by atoms with Gasteiger partial charge in [-0.05, 0) is 20.8 Å². The largest absolute Gasteiger partial charge is 0.364 e. The predicted octanol–water partition coefficient (Wildman–Crippen LogP) is 1.23. The number of amides is 2. The Kier molecular flexibility index (Phi) is 4.23. The molecule has 0 aliphatic heterocycles. The van der Waals surface area contributed by atoms with E-state index in [1.54, 1.807) is 26.2 Å². The molecule has 2 heterocycles. The number of carbonyl (C=O) groups is 2. The number of nitrogens with two attached hydrogens (primary N) is 1. The zero-order valence-corrected chi connectivity index (χ0v) is 13.3. The van der Waals surface area contributed by atoms with Crippen LogP contribution in [0.25, 0.3) is 0 Å². The first kappa shape index (κ1) is 16.0. The zero-order valence-electron chi connectivity index (χ0n) is 12.5. The van der Waals surface area contributed by atoms with Crippen molar-refractivity contribution in [3.8, 4) is 0 Å². The van der Waals surface area contributed by atoms with Gasteiger partial charge in [0, 0.05) is 18.9 Å². The molecule has 0 fully saturated rings. The second-order valence-electron chi connectivity index (χ2n) is 5.23. The molecule has 0 aliphatic rings. The fraction of sp³-hybridized carbons (Fsp3) is 0.385. The lowest BCUT2D eigenvalue weighted by molar-refractivity contribution is -0.123. The minimum absolute atomic E-state index is 0.0181. The van der Waals surface area contributed by atoms with Crippen LogP contribution in [0.15, 0.2) is 18.6 Å². The molecular formula is C13H17ClN6O2. The number of rotatable bonds is 5. The van der Waals surface area contributed by atoms with Crippen molar-refractivity contribution in [3.63, 3.8) is 0 Å². The molecule has 8 nitrogen and oxygen atoms in total.